The number of likely N-dealkylation sites (tertiary alicyclic amines) is 1. The van der Waals surface area contributed by atoms with E-state index in [0.29, 0.717) is 36.0 Å². The summed E-state index contributed by atoms with van der Waals surface area (Å²) >= 11 is 6.49. The minimum absolute atomic E-state index is 0.135. The van der Waals surface area contributed by atoms with E-state index in [4.69, 9.17) is 25.8 Å². The van der Waals surface area contributed by atoms with Crippen LogP contribution in [0.25, 0.3) is 0 Å². The van der Waals surface area contributed by atoms with Gasteiger partial charge in [-0.1, -0.05) is 44.4 Å². The van der Waals surface area contributed by atoms with Gasteiger partial charge in [-0.15, -0.1) is 0 Å². The van der Waals surface area contributed by atoms with Crippen LogP contribution in [0.3, 0.4) is 0 Å². The van der Waals surface area contributed by atoms with Gasteiger partial charge in [-0.25, -0.2) is 4.21 Å². The van der Waals surface area contributed by atoms with Gasteiger partial charge in [0.15, 0.2) is 6.29 Å². The summed E-state index contributed by atoms with van der Waals surface area (Å²) in [6.07, 6.45) is 8.30. The van der Waals surface area contributed by atoms with Crippen LogP contribution in [0.4, 0.5) is 5.69 Å². The third-order valence-electron chi connectivity index (χ3n) is 13.0. The van der Waals surface area contributed by atoms with Gasteiger partial charge in [0.1, 0.15) is 16.7 Å². The smallest absolute Gasteiger partial charge is 0.263 e. The van der Waals surface area contributed by atoms with E-state index < -0.39 is 11.0 Å². The molecule has 7 rings (SSSR count). The number of nitrogens with zero attached hydrogens (tertiary/aromatic N) is 2. The van der Waals surface area contributed by atoms with Gasteiger partial charge in [-0.2, -0.15) is 0 Å². The van der Waals surface area contributed by atoms with E-state index in [-0.39, 0.29) is 34.8 Å². The molecule has 1 amide bonds. The molecule has 0 radical (unpaired) electrons. The summed E-state index contributed by atoms with van der Waals surface area (Å²) in [6.45, 7) is 15.7. The van der Waals surface area contributed by atoms with E-state index in [0.717, 1.165) is 94.3 Å². The first-order valence-electron chi connectivity index (χ1n) is 19.5. The Balaban J connectivity index is 1.19. The number of halogens is 1. The SMILES string of the molecule is CCCc1cc(Cl)ccc1C1COc2ccc3cc2N(C1)CC1CCC1C(C1OCC(N2CCC2(C)C)CO1)CCCC(C)C(C)S(=O)NC3=O. The lowest BCUT2D eigenvalue weighted by molar-refractivity contribution is -0.255. The monoisotopic (exact) mass is 739 g/mol. The number of rotatable bonds is 5. The van der Waals surface area contributed by atoms with Crippen molar-refractivity contribution in [1.82, 2.24) is 9.62 Å². The van der Waals surface area contributed by atoms with Crippen molar-refractivity contribution in [3.8, 4) is 5.75 Å². The molecule has 280 valence electrons. The number of fused-ring (bicyclic) bond motifs is 2. The van der Waals surface area contributed by atoms with Gasteiger partial charge >= 0.3 is 0 Å². The summed E-state index contributed by atoms with van der Waals surface area (Å²) in [6, 6.07) is 12.3. The predicted octanol–water partition coefficient (Wildman–Crippen LogP) is 7.75. The standard InChI is InChI=1S/C41H58ClN3O5S/c1-6-8-28-19-32(42)13-15-34(28)31-22-44-21-30-11-14-35(30)36(40-49-24-33(25-50-40)45-18-17-41(45,4)5)10-7-9-26(2)27(3)51(47)43-39(46)29-12-16-38(48-23-31)37(44)20-29/h12-13,15-16,19-20,26-27,30-31,33,35-36,40H,6-11,14,17-18,21-25H2,1-5H3,(H,43,46). The Morgan fingerprint density at radius 1 is 0.980 bits per heavy atom. The average molecular weight is 740 g/mol. The summed E-state index contributed by atoms with van der Waals surface area (Å²) in [5.41, 5.74) is 4.21. The van der Waals surface area contributed by atoms with E-state index in [2.05, 4.69) is 54.3 Å². The van der Waals surface area contributed by atoms with E-state index >= 15 is 0 Å². The number of carbonyl (C=O) groups is 1. The number of ether oxygens (including phenoxy) is 3. The number of anilines is 1. The minimum atomic E-state index is -1.50. The largest absolute Gasteiger partial charge is 0.491 e. The lowest BCUT2D eigenvalue weighted by atomic mass is 9.65. The number of carbonyl (C=O) groups excluding carboxylic acids is 1. The predicted molar refractivity (Wildman–Crippen MR) is 205 cm³/mol. The Hall–Kier alpha value is -2.17. The molecule has 1 N–H and O–H groups in total. The molecule has 10 heteroatoms. The fourth-order valence-corrected chi connectivity index (χ4v) is 10.6. The molecule has 0 spiro atoms. The highest BCUT2D eigenvalue weighted by atomic mass is 35.5. The molecule has 8 nitrogen and oxygen atoms in total. The van der Waals surface area contributed by atoms with Crippen LogP contribution in [0.1, 0.15) is 107 Å². The van der Waals surface area contributed by atoms with Crippen LogP contribution in [0.2, 0.25) is 5.02 Å². The lowest BCUT2D eigenvalue weighted by Gasteiger charge is -2.54. The third-order valence-corrected chi connectivity index (χ3v) is 14.7. The van der Waals surface area contributed by atoms with Crippen molar-refractivity contribution in [3.63, 3.8) is 0 Å². The summed E-state index contributed by atoms with van der Waals surface area (Å²) in [7, 11) is -1.50. The highest BCUT2D eigenvalue weighted by molar-refractivity contribution is 7.84. The Bertz CT molecular complexity index is 1580. The second kappa shape index (κ2) is 15.7. The molecule has 2 saturated heterocycles. The number of benzene rings is 2. The molecule has 0 aromatic heterocycles. The van der Waals surface area contributed by atoms with Gasteiger partial charge in [0.05, 0.1) is 36.8 Å². The van der Waals surface area contributed by atoms with Crippen LogP contribution in [0.5, 0.6) is 5.75 Å². The Morgan fingerprint density at radius 2 is 1.78 bits per heavy atom. The Morgan fingerprint density at radius 3 is 2.47 bits per heavy atom. The van der Waals surface area contributed by atoms with E-state index in [1.165, 1.54) is 17.5 Å². The van der Waals surface area contributed by atoms with E-state index in [9.17, 15) is 9.00 Å². The second-order valence-corrected chi connectivity index (χ2v) is 18.6. The first kappa shape index (κ1) is 37.2. The maximum atomic E-state index is 13.5. The fraction of sp³-hybridized carbons (Fsp3) is 0.683. The third kappa shape index (κ3) is 7.89. The zero-order chi connectivity index (χ0) is 35.9. The minimum Gasteiger partial charge on any atom is -0.491 e. The van der Waals surface area contributed by atoms with Crippen LogP contribution in [-0.4, -0.2) is 77.6 Å². The molecule has 4 aliphatic heterocycles. The summed E-state index contributed by atoms with van der Waals surface area (Å²) in [5, 5.41) is 0.592. The van der Waals surface area contributed by atoms with Crippen molar-refractivity contribution in [2.24, 2.45) is 23.7 Å². The topological polar surface area (TPSA) is 80.3 Å². The van der Waals surface area contributed by atoms with Crippen molar-refractivity contribution in [2.45, 2.75) is 115 Å². The highest BCUT2D eigenvalue weighted by Gasteiger charge is 2.47. The second-order valence-electron chi connectivity index (χ2n) is 16.6. The highest BCUT2D eigenvalue weighted by Crippen LogP contribution is 2.47. The summed E-state index contributed by atoms with van der Waals surface area (Å²) in [4.78, 5) is 18.6. The van der Waals surface area contributed by atoms with Crippen LogP contribution in [-0.2, 0) is 26.9 Å². The lowest BCUT2D eigenvalue weighted by Crippen LogP contribution is -2.64. The molecule has 2 bridgehead atoms. The van der Waals surface area contributed by atoms with Crippen molar-refractivity contribution < 1.29 is 23.2 Å². The number of hydrogen-bond acceptors (Lipinski definition) is 7. The fourth-order valence-electron chi connectivity index (χ4n) is 9.34. The van der Waals surface area contributed by atoms with Crippen molar-refractivity contribution in [3.05, 3.63) is 58.1 Å². The summed E-state index contributed by atoms with van der Waals surface area (Å²) in [5.74, 6) is 2.06. The van der Waals surface area contributed by atoms with Crippen molar-refractivity contribution >= 4 is 34.2 Å². The molecule has 4 heterocycles. The molecule has 2 aromatic rings. The van der Waals surface area contributed by atoms with Gasteiger partial charge in [-0.3, -0.25) is 14.4 Å². The van der Waals surface area contributed by atoms with Gasteiger partial charge in [0.25, 0.3) is 5.91 Å². The van der Waals surface area contributed by atoms with Crippen LogP contribution < -0.4 is 14.4 Å². The van der Waals surface area contributed by atoms with Crippen LogP contribution in [0, 0.1) is 23.7 Å². The van der Waals surface area contributed by atoms with Crippen molar-refractivity contribution in [2.75, 3.05) is 44.4 Å². The number of hydrogen-bond donors (Lipinski definition) is 1. The molecule has 2 aromatic carbocycles. The average Bonchev–Trinajstić information content (AvgIpc) is 3.28. The number of amides is 1. The molecule has 1 saturated carbocycles. The summed E-state index contributed by atoms with van der Waals surface area (Å²) < 4.78 is 36.2. The molecule has 51 heavy (non-hydrogen) atoms. The van der Waals surface area contributed by atoms with Gasteiger partial charge in [-0.05, 0) is 119 Å². The molecule has 7 unspecified atom stereocenters. The molecule has 1 aliphatic carbocycles. The number of nitrogens with one attached hydrogen (secondary N) is 1. The molecule has 3 fully saturated rings. The zero-order valence-corrected chi connectivity index (χ0v) is 32.8. The van der Waals surface area contributed by atoms with Gasteiger partial charge < -0.3 is 19.1 Å². The molecular weight excluding hydrogens is 682 g/mol. The quantitative estimate of drug-likeness (QED) is 0.336. The molecule has 5 aliphatic rings. The normalized spacial score (nSPS) is 34.6. The first-order valence-corrected chi connectivity index (χ1v) is 21.1. The van der Waals surface area contributed by atoms with Gasteiger partial charge in [0.2, 0.25) is 0 Å². The number of aryl methyl sites for hydroxylation is 1. The van der Waals surface area contributed by atoms with E-state index in [1.807, 2.05) is 25.1 Å². The Kier molecular flexibility index (Phi) is 11.4. The van der Waals surface area contributed by atoms with Crippen molar-refractivity contribution in [1.29, 1.82) is 0 Å². The molecule has 7 atom stereocenters. The maximum absolute atomic E-state index is 13.5. The van der Waals surface area contributed by atoms with E-state index in [1.54, 1.807) is 6.07 Å². The zero-order valence-electron chi connectivity index (χ0n) is 31.2. The van der Waals surface area contributed by atoms with Crippen LogP contribution >= 0.6 is 11.6 Å². The molecular formula is C41H58ClN3O5S. The van der Waals surface area contributed by atoms with Gasteiger partial charge in [0, 0.05) is 47.6 Å². The maximum Gasteiger partial charge on any atom is 0.263 e. The van der Waals surface area contributed by atoms with Crippen LogP contribution in [0.15, 0.2) is 36.4 Å². The first-order chi connectivity index (χ1) is 24.5. The Labute approximate surface area is 312 Å².